The van der Waals surface area contributed by atoms with Gasteiger partial charge in [-0.15, -0.1) is 0 Å². The lowest BCUT2D eigenvalue weighted by Crippen LogP contribution is -2.15. The summed E-state index contributed by atoms with van der Waals surface area (Å²) in [6.07, 6.45) is 3.65. The molecule has 0 amide bonds. The van der Waals surface area contributed by atoms with E-state index >= 15 is 0 Å². The summed E-state index contributed by atoms with van der Waals surface area (Å²) in [6.45, 7) is 0. The monoisotopic (exact) mass is 193 g/mol. The molecule has 1 saturated carbocycles. The van der Waals surface area contributed by atoms with Crippen molar-refractivity contribution < 1.29 is 4.92 Å². The van der Waals surface area contributed by atoms with E-state index in [9.17, 15) is 10.1 Å². The molecule has 74 valence electrons. The minimum Gasteiger partial charge on any atom is -0.322 e. The van der Waals surface area contributed by atoms with Gasteiger partial charge >= 0.3 is 0 Å². The second-order valence-corrected chi connectivity index (χ2v) is 3.53. The van der Waals surface area contributed by atoms with Gasteiger partial charge in [-0.1, -0.05) is 0 Å². The molecular formula is C9H11N3O2. The molecule has 0 aliphatic heterocycles. The molecule has 0 unspecified atom stereocenters. The van der Waals surface area contributed by atoms with Crippen LogP contribution in [0.15, 0.2) is 18.3 Å². The van der Waals surface area contributed by atoms with Crippen molar-refractivity contribution in [1.82, 2.24) is 4.98 Å². The highest BCUT2D eigenvalue weighted by Crippen LogP contribution is 2.40. The average Bonchev–Trinajstić information content (AvgIpc) is 3.00. The Balaban J connectivity index is 2.34. The minimum atomic E-state index is -0.426. The Morgan fingerprint density at radius 3 is 2.93 bits per heavy atom. The van der Waals surface area contributed by atoms with E-state index in [1.165, 1.54) is 6.07 Å². The molecule has 2 N–H and O–H groups in total. The van der Waals surface area contributed by atoms with E-state index in [1.807, 2.05) is 0 Å². The van der Waals surface area contributed by atoms with Crippen LogP contribution in [0.3, 0.4) is 0 Å². The van der Waals surface area contributed by atoms with E-state index in [1.54, 1.807) is 12.3 Å². The molecule has 0 spiro atoms. The zero-order chi connectivity index (χ0) is 10.1. The number of nitrogens with zero attached hydrogens (tertiary/aromatic N) is 2. The largest absolute Gasteiger partial charge is 0.322 e. The summed E-state index contributed by atoms with van der Waals surface area (Å²) in [5.74, 6) is 0.378. The number of nitro groups is 1. The molecule has 5 heteroatoms. The van der Waals surface area contributed by atoms with Gasteiger partial charge in [-0.05, 0) is 24.8 Å². The second-order valence-electron chi connectivity index (χ2n) is 3.53. The molecule has 0 saturated heterocycles. The summed E-state index contributed by atoms with van der Waals surface area (Å²) in [7, 11) is 0. The fourth-order valence-electron chi connectivity index (χ4n) is 1.50. The van der Waals surface area contributed by atoms with Gasteiger partial charge in [0, 0.05) is 12.3 Å². The highest BCUT2D eigenvalue weighted by molar-refractivity contribution is 5.37. The van der Waals surface area contributed by atoms with E-state index < -0.39 is 4.92 Å². The number of nitrogens with two attached hydrogens (primary N) is 1. The highest BCUT2D eigenvalue weighted by atomic mass is 16.6. The molecule has 5 nitrogen and oxygen atoms in total. The lowest BCUT2D eigenvalue weighted by molar-refractivity contribution is -0.386. The smallest absolute Gasteiger partial charge is 0.292 e. The fraction of sp³-hybridized carbons (Fsp3) is 0.444. The van der Waals surface area contributed by atoms with Gasteiger partial charge in [-0.3, -0.25) is 15.1 Å². The Labute approximate surface area is 81.1 Å². The Kier molecular flexibility index (Phi) is 2.17. The normalized spacial score (nSPS) is 17.8. The maximum Gasteiger partial charge on any atom is 0.292 e. The lowest BCUT2D eigenvalue weighted by Gasteiger charge is -2.08. The van der Waals surface area contributed by atoms with Crippen molar-refractivity contribution in [1.29, 1.82) is 0 Å². The first kappa shape index (κ1) is 9.08. The molecule has 0 radical (unpaired) electrons. The first-order valence-corrected chi connectivity index (χ1v) is 4.55. The van der Waals surface area contributed by atoms with Crippen LogP contribution in [0, 0.1) is 16.0 Å². The number of rotatable bonds is 3. The highest BCUT2D eigenvalue weighted by Gasteiger charge is 2.34. The predicted octanol–water partition coefficient (Wildman–Crippen LogP) is 1.40. The van der Waals surface area contributed by atoms with Gasteiger partial charge in [0.05, 0.1) is 11.0 Å². The van der Waals surface area contributed by atoms with Gasteiger partial charge in [0.1, 0.15) is 5.69 Å². The van der Waals surface area contributed by atoms with Gasteiger partial charge in [0.2, 0.25) is 0 Å². The molecule has 1 aliphatic rings. The number of hydrogen-bond acceptors (Lipinski definition) is 4. The number of pyridine rings is 1. The summed E-state index contributed by atoms with van der Waals surface area (Å²) in [6, 6.07) is 2.72. The quantitative estimate of drug-likeness (QED) is 0.581. The number of hydrogen-bond donors (Lipinski definition) is 1. The zero-order valence-electron chi connectivity index (χ0n) is 7.59. The topological polar surface area (TPSA) is 82.0 Å². The van der Waals surface area contributed by atoms with Crippen molar-refractivity contribution in [3.05, 3.63) is 34.1 Å². The zero-order valence-corrected chi connectivity index (χ0v) is 7.59. The predicted molar refractivity (Wildman–Crippen MR) is 50.5 cm³/mol. The fourth-order valence-corrected chi connectivity index (χ4v) is 1.50. The van der Waals surface area contributed by atoms with Gasteiger partial charge in [-0.2, -0.15) is 0 Å². The number of aromatic nitrogens is 1. The molecular weight excluding hydrogens is 182 g/mol. The van der Waals surface area contributed by atoms with Crippen molar-refractivity contribution in [3.63, 3.8) is 0 Å². The maximum absolute atomic E-state index is 10.7. The van der Waals surface area contributed by atoms with Crippen LogP contribution < -0.4 is 5.73 Å². The van der Waals surface area contributed by atoms with Crippen molar-refractivity contribution in [2.75, 3.05) is 0 Å². The molecule has 0 bridgehead atoms. The Hall–Kier alpha value is -1.49. The van der Waals surface area contributed by atoms with Crippen molar-refractivity contribution in [2.45, 2.75) is 18.9 Å². The molecule has 1 heterocycles. The standard InChI is InChI=1S/C9H11N3O2/c10-8(6-3-4-6)9-7(12(13)14)2-1-5-11-9/h1-2,5-6,8H,3-4,10H2/t8-/m1/s1. The molecule has 1 aliphatic carbocycles. The van der Waals surface area contributed by atoms with Crippen LogP contribution in [0.2, 0.25) is 0 Å². The second kappa shape index (κ2) is 3.34. The van der Waals surface area contributed by atoms with Crippen LogP contribution in [0.25, 0.3) is 0 Å². The van der Waals surface area contributed by atoms with Crippen molar-refractivity contribution in [2.24, 2.45) is 11.7 Å². The Morgan fingerprint density at radius 1 is 1.64 bits per heavy atom. The van der Waals surface area contributed by atoms with Gasteiger partial charge in [-0.25, -0.2) is 0 Å². The first-order valence-electron chi connectivity index (χ1n) is 4.55. The van der Waals surface area contributed by atoms with E-state index in [-0.39, 0.29) is 11.7 Å². The third-order valence-corrected chi connectivity index (χ3v) is 2.46. The summed E-state index contributed by atoms with van der Waals surface area (Å²) in [4.78, 5) is 14.2. The Morgan fingerprint density at radius 2 is 2.36 bits per heavy atom. The van der Waals surface area contributed by atoms with Crippen LogP contribution in [0.1, 0.15) is 24.6 Å². The van der Waals surface area contributed by atoms with E-state index in [0.29, 0.717) is 11.6 Å². The van der Waals surface area contributed by atoms with Crippen LogP contribution in [-0.4, -0.2) is 9.91 Å². The van der Waals surface area contributed by atoms with Gasteiger partial charge in [0.25, 0.3) is 5.69 Å². The van der Waals surface area contributed by atoms with E-state index in [4.69, 9.17) is 5.73 Å². The van der Waals surface area contributed by atoms with E-state index in [2.05, 4.69) is 4.98 Å². The van der Waals surface area contributed by atoms with Crippen LogP contribution >= 0.6 is 0 Å². The summed E-state index contributed by atoms with van der Waals surface area (Å²) >= 11 is 0. The molecule has 1 atom stereocenters. The SMILES string of the molecule is N[C@@H](c1ncccc1[N+](=O)[O-])C1CC1. The molecule has 14 heavy (non-hydrogen) atoms. The summed E-state index contributed by atoms with van der Waals surface area (Å²) in [5, 5.41) is 10.7. The summed E-state index contributed by atoms with van der Waals surface area (Å²) < 4.78 is 0. The van der Waals surface area contributed by atoms with Crippen LogP contribution in [-0.2, 0) is 0 Å². The Bertz CT molecular complexity index is 363. The van der Waals surface area contributed by atoms with Crippen LogP contribution in [0.5, 0.6) is 0 Å². The van der Waals surface area contributed by atoms with E-state index in [0.717, 1.165) is 12.8 Å². The van der Waals surface area contributed by atoms with Gasteiger partial charge < -0.3 is 5.73 Å². The van der Waals surface area contributed by atoms with Crippen molar-refractivity contribution in [3.8, 4) is 0 Å². The van der Waals surface area contributed by atoms with Crippen molar-refractivity contribution >= 4 is 5.69 Å². The molecule has 1 aromatic rings. The molecule has 1 fully saturated rings. The lowest BCUT2D eigenvalue weighted by atomic mass is 10.1. The molecule has 2 rings (SSSR count). The molecule has 1 aromatic heterocycles. The average molecular weight is 193 g/mol. The third-order valence-electron chi connectivity index (χ3n) is 2.46. The van der Waals surface area contributed by atoms with Gasteiger partial charge in [0.15, 0.2) is 0 Å². The minimum absolute atomic E-state index is 0.0342. The summed E-state index contributed by atoms with van der Waals surface area (Å²) in [5.41, 5.74) is 6.32. The maximum atomic E-state index is 10.7. The first-order chi connectivity index (χ1) is 6.70. The third kappa shape index (κ3) is 1.58. The molecule has 0 aromatic carbocycles. The van der Waals surface area contributed by atoms with Crippen LogP contribution in [0.4, 0.5) is 5.69 Å².